The molecule has 0 unspecified atom stereocenters. The number of thiophene rings is 1. The standard InChI is InChI=1S/C5H5S.Li/c1-5-2-3-6-4-5;/h2-3H,1H3;/q-1;+1. The number of hydrogen-bond acceptors (Lipinski definition) is 1. The van der Waals surface area contributed by atoms with E-state index in [-0.39, 0.29) is 18.9 Å². The Kier molecular flexibility index (Phi) is 3.46. The molecule has 0 aliphatic carbocycles. The molecular formula is C5H5LiS. The van der Waals surface area contributed by atoms with Crippen molar-refractivity contribution in [3.63, 3.8) is 0 Å². The van der Waals surface area contributed by atoms with Crippen molar-refractivity contribution in [3.05, 3.63) is 22.4 Å². The van der Waals surface area contributed by atoms with Crippen LogP contribution in [0.15, 0.2) is 11.4 Å². The Hall–Kier alpha value is 0.297. The zero-order valence-corrected chi connectivity index (χ0v) is 5.38. The van der Waals surface area contributed by atoms with Crippen LogP contribution < -0.4 is 18.9 Å². The Labute approximate surface area is 59.7 Å². The number of aryl methyl sites for hydroxylation is 1. The summed E-state index contributed by atoms with van der Waals surface area (Å²) in [6.07, 6.45) is 0. The maximum absolute atomic E-state index is 3.04. The van der Waals surface area contributed by atoms with E-state index in [0.29, 0.717) is 0 Å². The van der Waals surface area contributed by atoms with E-state index in [0.717, 1.165) is 0 Å². The van der Waals surface area contributed by atoms with Gasteiger partial charge in [0.15, 0.2) is 0 Å². The SMILES string of the molecule is Cc1[c-]scc1.[Li+]. The third-order valence-electron chi connectivity index (χ3n) is 0.606. The molecule has 0 aromatic carbocycles. The van der Waals surface area contributed by atoms with Gasteiger partial charge in [0.05, 0.1) is 0 Å². The Balaban J connectivity index is 0.000000360. The minimum absolute atomic E-state index is 0. The van der Waals surface area contributed by atoms with Crippen LogP contribution in [0.4, 0.5) is 0 Å². The third kappa shape index (κ3) is 2.18. The Bertz CT molecular complexity index is 112. The van der Waals surface area contributed by atoms with Crippen molar-refractivity contribution in [2.75, 3.05) is 0 Å². The van der Waals surface area contributed by atoms with E-state index in [1.54, 1.807) is 11.3 Å². The normalized spacial score (nSPS) is 7.57. The molecule has 0 atom stereocenters. The van der Waals surface area contributed by atoms with Crippen molar-refractivity contribution in [2.24, 2.45) is 0 Å². The predicted molar refractivity (Wildman–Crippen MR) is 27.9 cm³/mol. The van der Waals surface area contributed by atoms with Crippen LogP contribution in [0.25, 0.3) is 0 Å². The molecule has 0 nitrogen and oxygen atoms in total. The smallest absolute Gasteiger partial charge is 0.304 e. The predicted octanol–water partition coefficient (Wildman–Crippen LogP) is -1.14. The zero-order valence-electron chi connectivity index (χ0n) is 4.56. The summed E-state index contributed by atoms with van der Waals surface area (Å²) in [5, 5.41) is 5.06. The summed E-state index contributed by atoms with van der Waals surface area (Å²) in [6, 6.07) is 2.05. The molecule has 0 saturated heterocycles. The van der Waals surface area contributed by atoms with Crippen LogP contribution in [0.1, 0.15) is 5.56 Å². The molecule has 0 spiro atoms. The van der Waals surface area contributed by atoms with Gasteiger partial charge >= 0.3 is 18.9 Å². The van der Waals surface area contributed by atoms with Gasteiger partial charge in [0, 0.05) is 0 Å². The van der Waals surface area contributed by atoms with Gasteiger partial charge in [-0.1, -0.05) is 6.92 Å². The van der Waals surface area contributed by atoms with Gasteiger partial charge in [-0.15, -0.1) is 5.38 Å². The quantitative estimate of drug-likeness (QED) is 0.288. The first-order valence-corrected chi connectivity index (χ1v) is 2.69. The van der Waals surface area contributed by atoms with E-state index >= 15 is 0 Å². The molecule has 0 aliphatic heterocycles. The second kappa shape index (κ2) is 3.32. The van der Waals surface area contributed by atoms with Gasteiger partial charge in [-0.25, -0.2) is 6.07 Å². The molecule has 0 bridgehead atoms. The van der Waals surface area contributed by atoms with E-state index < -0.39 is 0 Å². The minimum Gasteiger partial charge on any atom is -0.304 e. The molecule has 1 aromatic heterocycles. The van der Waals surface area contributed by atoms with Gasteiger partial charge in [-0.05, 0) is 0 Å². The summed E-state index contributed by atoms with van der Waals surface area (Å²) in [4.78, 5) is 0. The number of rotatable bonds is 0. The van der Waals surface area contributed by atoms with Gasteiger partial charge in [-0.3, -0.25) is 0 Å². The zero-order chi connectivity index (χ0) is 4.41. The van der Waals surface area contributed by atoms with Crippen LogP contribution in [0, 0.1) is 12.3 Å². The van der Waals surface area contributed by atoms with Crippen molar-refractivity contribution < 1.29 is 18.9 Å². The Morgan fingerprint density at radius 3 is 2.57 bits per heavy atom. The van der Waals surface area contributed by atoms with Gasteiger partial charge < -0.3 is 11.3 Å². The summed E-state index contributed by atoms with van der Waals surface area (Å²) < 4.78 is 0. The average molecular weight is 104 g/mol. The first kappa shape index (κ1) is 7.30. The van der Waals surface area contributed by atoms with Crippen LogP contribution in [-0.4, -0.2) is 0 Å². The fourth-order valence-corrected chi connectivity index (χ4v) is 0.891. The molecule has 1 rings (SSSR count). The molecule has 1 aromatic rings. The first-order valence-electron chi connectivity index (χ1n) is 1.81. The van der Waals surface area contributed by atoms with Crippen LogP contribution in [0.3, 0.4) is 0 Å². The van der Waals surface area contributed by atoms with Crippen molar-refractivity contribution in [1.82, 2.24) is 0 Å². The molecule has 0 amide bonds. The molecule has 0 aliphatic rings. The fourth-order valence-electron chi connectivity index (χ4n) is 0.297. The van der Waals surface area contributed by atoms with Crippen molar-refractivity contribution in [1.29, 1.82) is 0 Å². The molecular weight excluding hydrogens is 99.1 g/mol. The fraction of sp³-hybridized carbons (Fsp3) is 0.200. The second-order valence-corrected chi connectivity index (χ2v) is 1.92. The van der Waals surface area contributed by atoms with E-state index in [9.17, 15) is 0 Å². The number of hydrogen-bond donors (Lipinski definition) is 0. The summed E-state index contributed by atoms with van der Waals surface area (Å²) in [5.74, 6) is 0. The van der Waals surface area contributed by atoms with Crippen LogP contribution in [-0.2, 0) is 0 Å². The largest absolute Gasteiger partial charge is 1.00 e. The van der Waals surface area contributed by atoms with E-state index in [1.165, 1.54) is 5.56 Å². The summed E-state index contributed by atoms with van der Waals surface area (Å²) >= 11 is 1.61. The van der Waals surface area contributed by atoms with Crippen molar-refractivity contribution >= 4 is 11.3 Å². The maximum atomic E-state index is 3.04. The molecule has 32 valence electrons. The molecule has 0 saturated carbocycles. The maximum Gasteiger partial charge on any atom is 1.00 e. The molecule has 2 heteroatoms. The molecule has 0 fully saturated rings. The van der Waals surface area contributed by atoms with Gasteiger partial charge in [0.25, 0.3) is 0 Å². The van der Waals surface area contributed by atoms with Crippen molar-refractivity contribution in [2.45, 2.75) is 6.92 Å². The van der Waals surface area contributed by atoms with E-state index in [2.05, 4.69) is 5.38 Å². The minimum atomic E-state index is 0. The van der Waals surface area contributed by atoms with E-state index in [1.807, 2.05) is 18.4 Å². The van der Waals surface area contributed by atoms with Gasteiger partial charge in [-0.2, -0.15) is 10.9 Å². The average Bonchev–Trinajstić information content (AvgIpc) is 1.86. The van der Waals surface area contributed by atoms with Crippen LogP contribution >= 0.6 is 11.3 Å². The molecule has 0 N–H and O–H groups in total. The molecule has 0 radical (unpaired) electrons. The molecule has 1 heterocycles. The van der Waals surface area contributed by atoms with Crippen molar-refractivity contribution in [3.8, 4) is 0 Å². The topological polar surface area (TPSA) is 0 Å². The summed E-state index contributed by atoms with van der Waals surface area (Å²) in [5.41, 5.74) is 1.24. The summed E-state index contributed by atoms with van der Waals surface area (Å²) in [6.45, 7) is 2.04. The molecule has 7 heavy (non-hydrogen) atoms. The van der Waals surface area contributed by atoms with E-state index in [4.69, 9.17) is 0 Å². The first-order chi connectivity index (χ1) is 2.89. The van der Waals surface area contributed by atoms with Crippen LogP contribution in [0.5, 0.6) is 0 Å². The monoisotopic (exact) mass is 104 g/mol. The Morgan fingerprint density at radius 2 is 2.43 bits per heavy atom. The van der Waals surface area contributed by atoms with Gasteiger partial charge in [0.2, 0.25) is 0 Å². The van der Waals surface area contributed by atoms with Crippen LogP contribution in [0.2, 0.25) is 0 Å². The Morgan fingerprint density at radius 1 is 1.71 bits per heavy atom. The summed E-state index contributed by atoms with van der Waals surface area (Å²) in [7, 11) is 0. The third-order valence-corrected chi connectivity index (χ3v) is 1.32. The second-order valence-electron chi connectivity index (χ2n) is 1.21. The van der Waals surface area contributed by atoms with Gasteiger partial charge in [0.1, 0.15) is 0 Å².